The fourth-order valence-electron chi connectivity index (χ4n) is 2.67. The van der Waals surface area contributed by atoms with Crippen LogP contribution in [-0.4, -0.2) is 24.7 Å². The number of methoxy groups -OCH3 is 1. The van der Waals surface area contributed by atoms with E-state index in [0.29, 0.717) is 12.5 Å². The molecule has 0 radical (unpaired) electrons. The van der Waals surface area contributed by atoms with Crippen LogP contribution in [0.5, 0.6) is 0 Å². The average Bonchev–Trinajstić information content (AvgIpc) is 2.64. The number of hydrogen-bond acceptors (Lipinski definition) is 2. The Labute approximate surface area is 91.6 Å². The molecule has 0 aromatic carbocycles. The summed E-state index contributed by atoms with van der Waals surface area (Å²) in [4.78, 5) is 11.8. The van der Waals surface area contributed by atoms with E-state index in [2.05, 4.69) is 5.32 Å². The highest BCUT2D eigenvalue weighted by Gasteiger charge is 2.39. The zero-order valence-corrected chi connectivity index (χ0v) is 9.55. The van der Waals surface area contributed by atoms with Gasteiger partial charge in [0.15, 0.2) is 0 Å². The van der Waals surface area contributed by atoms with Gasteiger partial charge in [-0.3, -0.25) is 4.79 Å². The second-order valence-electron chi connectivity index (χ2n) is 4.97. The standard InChI is InChI=1S/C12H21NO2/c1-15-12(7-4-8-12)9-11(14)13-10-5-2-3-6-10/h10H,2-9H2,1H3,(H,13,14). The van der Waals surface area contributed by atoms with Crippen LogP contribution in [0.15, 0.2) is 0 Å². The fourth-order valence-corrected chi connectivity index (χ4v) is 2.67. The Balaban J connectivity index is 1.76. The van der Waals surface area contributed by atoms with Crippen molar-refractivity contribution in [3.05, 3.63) is 0 Å². The van der Waals surface area contributed by atoms with Gasteiger partial charge in [-0.25, -0.2) is 0 Å². The van der Waals surface area contributed by atoms with Gasteiger partial charge in [0.1, 0.15) is 0 Å². The number of amides is 1. The predicted octanol–water partition coefficient (Wildman–Crippen LogP) is 2.00. The molecule has 3 heteroatoms. The van der Waals surface area contributed by atoms with Gasteiger partial charge in [-0.1, -0.05) is 12.8 Å². The maximum atomic E-state index is 11.8. The Morgan fingerprint density at radius 2 is 2.00 bits per heavy atom. The summed E-state index contributed by atoms with van der Waals surface area (Å²) in [6.45, 7) is 0. The topological polar surface area (TPSA) is 38.3 Å². The molecule has 0 saturated heterocycles. The zero-order chi connectivity index (χ0) is 10.7. The summed E-state index contributed by atoms with van der Waals surface area (Å²) in [7, 11) is 1.72. The molecule has 0 heterocycles. The lowest BCUT2D eigenvalue weighted by molar-refractivity contribution is -0.134. The first-order valence-electron chi connectivity index (χ1n) is 6.09. The first-order chi connectivity index (χ1) is 7.24. The van der Waals surface area contributed by atoms with Crippen molar-refractivity contribution in [2.75, 3.05) is 7.11 Å². The van der Waals surface area contributed by atoms with Gasteiger partial charge in [0, 0.05) is 13.2 Å². The first-order valence-corrected chi connectivity index (χ1v) is 6.09. The van der Waals surface area contributed by atoms with E-state index in [4.69, 9.17) is 4.74 Å². The summed E-state index contributed by atoms with van der Waals surface area (Å²) < 4.78 is 5.45. The Kier molecular flexibility index (Phi) is 3.29. The molecule has 2 aliphatic rings. The monoisotopic (exact) mass is 211 g/mol. The minimum absolute atomic E-state index is 0.122. The highest BCUT2D eigenvalue weighted by Crippen LogP contribution is 2.38. The molecule has 0 unspecified atom stereocenters. The van der Waals surface area contributed by atoms with E-state index in [1.54, 1.807) is 7.11 Å². The van der Waals surface area contributed by atoms with Crippen molar-refractivity contribution in [1.29, 1.82) is 0 Å². The van der Waals surface area contributed by atoms with Gasteiger partial charge in [0.05, 0.1) is 12.0 Å². The second-order valence-corrected chi connectivity index (χ2v) is 4.97. The zero-order valence-electron chi connectivity index (χ0n) is 9.55. The van der Waals surface area contributed by atoms with Crippen molar-refractivity contribution in [2.45, 2.75) is 63.0 Å². The van der Waals surface area contributed by atoms with E-state index in [1.165, 1.54) is 19.3 Å². The highest BCUT2D eigenvalue weighted by molar-refractivity contribution is 5.77. The van der Waals surface area contributed by atoms with Gasteiger partial charge in [-0.15, -0.1) is 0 Å². The minimum Gasteiger partial charge on any atom is -0.378 e. The van der Waals surface area contributed by atoms with E-state index < -0.39 is 0 Å². The van der Waals surface area contributed by atoms with Crippen molar-refractivity contribution in [3.63, 3.8) is 0 Å². The molecule has 2 saturated carbocycles. The molecule has 3 nitrogen and oxygen atoms in total. The van der Waals surface area contributed by atoms with Crippen LogP contribution in [0.4, 0.5) is 0 Å². The fraction of sp³-hybridized carbons (Fsp3) is 0.917. The maximum Gasteiger partial charge on any atom is 0.223 e. The second kappa shape index (κ2) is 4.52. The molecule has 2 fully saturated rings. The number of nitrogens with one attached hydrogen (secondary N) is 1. The molecule has 1 N–H and O–H groups in total. The Morgan fingerprint density at radius 3 is 2.47 bits per heavy atom. The van der Waals surface area contributed by atoms with Crippen LogP contribution >= 0.6 is 0 Å². The summed E-state index contributed by atoms with van der Waals surface area (Å²) in [5.74, 6) is 0.184. The Morgan fingerprint density at radius 1 is 1.33 bits per heavy atom. The van der Waals surface area contributed by atoms with Crippen LogP contribution in [0, 0.1) is 0 Å². The molecule has 0 bridgehead atoms. The van der Waals surface area contributed by atoms with Gasteiger partial charge in [0.2, 0.25) is 5.91 Å². The third-order valence-electron chi connectivity index (χ3n) is 3.90. The summed E-state index contributed by atoms with van der Waals surface area (Å²) >= 11 is 0. The van der Waals surface area contributed by atoms with Crippen LogP contribution in [0.1, 0.15) is 51.4 Å². The molecule has 2 rings (SSSR count). The number of ether oxygens (including phenoxy) is 1. The van der Waals surface area contributed by atoms with E-state index >= 15 is 0 Å². The number of carbonyl (C=O) groups is 1. The maximum absolute atomic E-state index is 11.8. The third-order valence-corrected chi connectivity index (χ3v) is 3.90. The van der Waals surface area contributed by atoms with Gasteiger partial charge < -0.3 is 10.1 Å². The highest BCUT2D eigenvalue weighted by atomic mass is 16.5. The van der Waals surface area contributed by atoms with Crippen molar-refractivity contribution in [1.82, 2.24) is 5.32 Å². The van der Waals surface area contributed by atoms with Gasteiger partial charge in [0.25, 0.3) is 0 Å². The van der Waals surface area contributed by atoms with Crippen LogP contribution in [0.3, 0.4) is 0 Å². The van der Waals surface area contributed by atoms with Crippen LogP contribution in [0.2, 0.25) is 0 Å². The van der Waals surface area contributed by atoms with E-state index in [-0.39, 0.29) is 11.5 Å². The van der Waals surface area contributed by atoms with Crippen molar-refractivity contribution in [3.8, 4) is 0 Å². The molecule has 86 valence electrons. The van der Waals surface area contributed by atoms with Gasteiger partial charge in [-0.05, 0) is 32.1 Å². The lowest BCUT2D eigenvalue weighted by atomic mass is 9.77. The molecular formula is C12H21NO2. The van der Waals surface area contributed by atoms with E-state index in [9.17, 15) is 4.79 Å². The summed E-state index contributed by atoms with van der Waals surface area (Å²) in [6.07, 6.45) is 8.69. The molecule has 15 heavy (non-hydrogen) atoms. The summed E-state index contributed by atoms with van der Waals surface area (Å²) in [6, 6.07) is 0.437. The Hall–Kier alpha value is -0.570. The number of carbonyl (C=O) groups excluding carboxylic acids is 1. The summed E-state index contributed by atoms with van der Waals surface area (Å²) in [5, 5.41) is 3.12. The normalized spacial score (nSPS) is 24.9. The minimum atomic E-state index is -0.122. The molecule has 0 aromatic heterocycles. The largest absolute Gasteiger partial charge is 0.378 e. The van der Waals surface area contributed by atoms with E-state index in [1.807, 2.05) is 0 Å². The molecule has 1 amide bonds. The van der Waals surface area contributed by atoms with Gasteiger partial charge in [-0.2, -0.15) is 0 Å². The van der Waals surface area contributed by atoms with Crippen molar-refractivity contribution < 1.29 is 9.53 Å². The van der Waals surface area contributed by atoms with Gasteiger partial charge >= 0.3 is 0 Å². The molecule has 0 aromatic rings. The lowest BCUT2D eigenvalue weighted by Gasteiger charge is -2.40. The van der Waals surface area contributed by atoms with Crippen molar-refractivity contribution in [2.24, 2.45) is 0 Å². The first kappa shape index (κ1) is 10.9. The van der Waals surface area contributed by atoms with Crippen LogP contribution in [0.25, 0.3) is 0 Å². The molecule has 0 spiro atoms. The molecule has 0 atom stereocenters. The smallest absolute Gasteiger partial charge is 0.223 e. The number of rotatable bonds is 4. The third kappa shape index (κ3) is 2.51. The van der Waals surface area contributed by atoms with E-state index in [0.717, 1.165) is 25.7 Å². The van der Waals surface area contributed by atoms with Crippen LogP contribution < -0.4 is 5.32 Å². The molecular weight excluding hydrogens is 190 g/mol. The number of hydrogen-bond donors (Lipinski definition) is 1. The Bertz CT molecular complexity index is 224. The molecule has 2 aliphatic carbocycles. The lowest BCUT2D eigenvalue weighted by Crippen LogP contribution is -2.45. The van der Waals surface area contributed by atoms with Crippen molar-refractivity contribution >= 4 is 5.91 Å². The predicted molar refractivity (Wildman–Crippen MR) is 58.6 cm³/mol. The quantitative estimate of drug-likeness (QED) is 0.772. The molecule has 0 aliphatic heterocycles. The van der Waals surface area contributed by atoms with Crippen LogP contribution in [-0.2, 0) is 9.53 Å². The average molecular weight is 211 g/mol. The SMILES string of the molecule is COC1(CC(=O)NC2CCCC2)CCC1. The summed E-state index contributed by atoms with van der Waals surface area (Å²) in [5.41, 5.74) is -0.122.